The largest absolute Gasteiger partial charge is 0.198 e. The lowest BCUT2D eigenvalue weighted by atomic mass is 9.58. The Hall–Kier alpha value is -1.03. The lowest BCUT2D eigenvalue weighted by molar-refractivity contribution is 0.0292. The summed E-state index contributed by atoms with van der Waals surface area (Å²) in [6.45, 7) is 14.2. The number of allylic oxidation sites excluding steroid dienone is 3. The summed E-state index contributed by atoms with van der Waals surface area (Å²) >= 11 is 0. The van der Waals surface area contributed by atoms with E-state index in [1.54, 1.807) is 0 Å². The fraction of sp³-hybridized carbons (Fsp3) is 0.821. The fourth-order valence-corrected chi connectivity index (χ4v) is 7.30. The minimum absolute atomic E-state index is 0.214. The molecule has 0 radical (unpaired) electrons. The van der Waals surface area contributed by atoms with Gasteiger partial charge in [-0.05, 0) is 91.9 Å². The zero-order valence-corrected chi connectivity index (χ0v) is 19.7. The highest BCUT2D eigenvalue weighted by molar-refractivity contribution is 5.32. The van der Waals surface area contributed by atoms with E-state index in [4.69, 9.17) is 0 Å². The van der Waals surface area contributed by atoms with Crippen LogP contribution in [-0.2, 0) is 0 Å². The van der Waals surface area contributed by atoms with Crippen LogP contribution < -0.4 is 0 Å². The van der Waals surface area contributed by atoms with Crippen molar-refractivity contribution in [3.63, 3.8) is 0 Å². The number of hydrogen-bond acceptors (Lipinski definition) is 1. The first-order valence-electron chi connectivity index (χ1n) is 12.6. The standard InChI is InChI=1S/C28H45N/c1-20(2)8-6-9-22(4)26-15-16-27-24(10-7-17-28(26,27)5)13-14-25-18-23(19-29)12-11-21(25)3/h14,20,22-24,26-27H,3,6-13,15-18H2,1-2,4-5H3/b25-14+. The predicted molar refractivity (Wildman–Crippen MR) is 124 cm³/mol. The molecular formula is C28H45N. The molecule has 0 amide bonds. The van der Waals surface area contributed by atoms with E-state index in [9.17, 15) is 5.26 Å². The first-order chi connectivity index (χ1) is 13.8. The third kappa shape index (κ3) is 5.18. The minimum Gasteiger partial charge on any atom is -0.198 e. The molecule has 0 N–H and O–H groups in total. The molecule has 0 spiro atoms. The topological polar surface area (TPSA) is 23.8 Å². The molecule has 0 saturated heterocycles. The second-order valence-corrected chi connectivity index (χ2v) is 11.4. The lowest BCUT2D eigenvalue weighted by Crippen LogP contribution is -2.39. The van der Waals surface area contributed by atoms with E-state index in [2.05, 4.69) is 46.4 Å². The molecule has 6 atom stereocenters. The second kappa shape index (κ2) is 9.85. The van der Waals surface area contributed by atoms with Crippen LogP contribution in [0.25, 0.3) is 0 Å². The molecule has 6 unspecified atom stereocenters. The van der Waals surface area contributed by atoms with Crippen LogP contribution in [0.2, 0.25) is 0 Å². The molecule has 1 heteroatoms. The Morgan fingerprint density at radius 1 is 1.17 bits per heavy atom. The van der Waals surface area contributed by atoms with Gasteiger partial charge in [0.2, 0.25) is 0 Å². The first-order valence-corrected chi connectivity index (χ1v) is 12.6. The SMILES string of the molecule is C=C1CCC(C#N)C/C1=C\CC1CCCC2(C)C(C(C)CCCC(C)C)CCC12. The van der Waals surface area contributed by atoms with Crippen LogP contribution in [0.4, 0.5) is 0 Å². The average molecular weight is 396 g/mol. The zero-order chi connectivity index (χ0) is 21.0. The number of fused-ring (bicyclic) bond motifs is 1. The van der Waals surface area contributed by atoms with Gasteiger partial charge in [0, 0.05) is 0 Å². The van der Waals surface area contributed by atoms with E-state index in [0.29, 0.717) is 5.41 Å². The van der Waals surface area contributed by atoms with Crippen molar-refractivity contribution in [2.75, 3.05) is 0 Å². The third-order valence-electron chi connectivity index (χ3n) is 9.03. The van der Waals surface area contributed by atoms with Gasteiger partial charge >= 0.3 is 0 Å². The van der Waals surface area contributed by atoms with Crippen LogP contribution in [0.1, 0.15) is 105 Å². The van der Waals surface area contributed by atoms with Crippen LogP contribution in [0.5, 0.6) is 0 Å². The van der Waals surface area contributed by atoms with Gasteiger partial charge in [0.05, 0.1) is 12.0 Å². The van der Waals surface area contributed by atoms with Crippen molar-refractivity contribution in [2.24, 2.45) is 40.9 Å². The van der Waals surface area contributed by atoms with Crippen molar-refractivity contribution in [3.8, 4) is 6.07 Å². The molecule has 0 bridgehead atoms. The summed E-state index contributed by atoms with van der Waals surface area (Å²) in [6.07, 6.45) is 18.1. The lowest BCUT2D eigenvalue weighted by Gasteiger charge is -2.47. The van der Waals surface area contributed by atoms with Gasteiger partial charge in [0.1, 0.15) is 0 Å². The molecule has 162 valence electrons. The van der Waals surface area contributed by atoms with Gasteiger partial charge in [-0.25, -0.2) is 0 Å². The smallest absolute Gasteiger partial charge is 0.0659 e. The van der Waals surface area contributed by atoms with Gasteiger partial charge in [-0.1, -0.05) is 71.6 Å². The van der Waals surface area contributed by atoms with Crippen LogP contribution in [0.15, 0.2) is 23.8 Å². The zero-order valence-electron chi connectivity index (χ0n) is 19.7. The van der Waals surface area contributed by atoms with Crippen LogP contribution in [0, 0.1) is 52.3 Å². The van der Waals surface area contributed by atoms with E-state index in [-0.39, 0.29) is 5.92 Å². The molecule has 0 aromatic carbocycles. The number of rotatable bonds is 7. The van der Waals surface area contributed by atoms with Gasteiger partial charge in [-0.2, -0.15) is 5.26 Å². The summed E-state index contributed by atoms with van der Waals surface area (Å²) in [4.78, 5) is 0. The summed E-state index contributed by atoms with van der Waals surface area (Å²) < 4.78 is 0. The molecule has 3 fully saturated rings. The summed E-state index contributed by atoms with van der Waals surface area (Å²) in [7, 11) is 0. The molecule has 0 aromatic rings. The van der Waals surface area contributed by atoms with Crippen LogP contribution >= 0.6 is 0 Å². The summed E-state index contributed by atoms with van der Waals surface area (Å²) in [5.41, 5.74) is 3.28. The molecule has 0 aromatic heterocycles. The minimum atomic E-state index is 0.214. The summed E-state index contributed by atoms with van der Waals surface area (Å²) in [6, 6.07) is 2.50. The Bertz CT molecular complexity index is 635. The number of hydrogen-bond donors (Lipinski definition) is 0. The molecule has 3 aliphatic carbocycles. The summed E-state index contributed by atoms with van der Waals surface area (Å²) in [5, 5.41) is 9.34. The van der Waals surface area contributed by atoms with E-state index >= 15 is 0 Å². The van der Waals surface area contributed by atoms with Crippen molar-refractivity contribution in [3.05, 3.63) is 23.8 Å². The van der Waals surface area contributed by atoms with Crippen LogP contribution in [-0.4, -0.2) is 0 Å². The van der Waals surface area contributed by atoms with Gasteiger partial charge in [-0.3, -0.25) is 0 Å². The highest BCUT2D eigenvalue weighted by Crippen LogP contribution is 2.60. The molecular weight excluding hydrogens is 350 g/mol. The van der Waals surface area contributed by atoms with Gasteiger partial charge < -0.3 is 0 Å². The van der Waals surface area contributed by atoms with E-state index in [0.717, 1.165) is 48.9 Å². The van der Waals surface area contributed by atoms with Gasteiger partial charge in [-0.15, -0.1) is 0 Å². The average Bonchev–Trinajstić information content (AvgIpc) is 3.04. The Morgan fingerprint density at radius 3 is 2.69 bits per heavy atom. The van der Waals surface area contributed by atoms with Gasteiger partial charge in [0.15, 0.2) is 0 Å². The second-order valence-electron chi connectivity index (χ2n) is 11.4. The quantitative estimate of drug-likeness (QED) is 0.424. The fourth-order valence-electron chi connectivity index (χ4n) is 7.30. The molecule has 3 rings (SSSR count). The molecule has 29 heavy (non-hydrogen) atoms. The Balaban J connectivity index is 1.63. The molecule has 0 aliphatic heterocycles. The number of nitriles is 1. The third-order valence-corrected chi connectivity index (χ3v) is 9.03. The van der Waals surface area contributed by atoms with Crippen molar-refractivity contribution >= 4 is 0 Å². The Labute approximate surface area is 181 Å². The maximum absolute atomic E-state index is 9.34. The maximum atomic E-state index is 9.34. The van der Waals surface area contributed by atoms with Crippen molar-refractivity contribution < 1.29 is 0 Å². The maximum Gasteiger partial charge on any atom is 0.0659 e. The van der Waals surface area contributed by atoms with Crippen molar-refractivity contribution in [2.45, 2.75) is 105 Å². The Kier molecular flexibility index (Phi) is 7.69. The van der Waals surface area contributed by atoms with Crippen LogP contribution in [0.3, 0.4) is 0 Å². The monoisotopic (exact) mass is 395 g/mol. The van der Waals surface area contributed by atoms with E-state index in [1.807, 2.05) is 0 Å². The number of nitrogens with zero attached hydrogens (tertiary/aromatic N) is 1. The van der Waals surface area contributed by atoms with E-state index in [1.165, 1.54) is 68.9 Å². The Morgan fingerprint density at radius 2 is 1.97 bits per heavy atom. The molecule has 3 saturated carbocycles. The normalized spacial score (nSPS) is 37.5. The molecule has 3 aliphatic rings. The molecule has 0 heterocycles. The van der Waals surface area contributed by atoms with Crippen molar-refractivity contribution in [1.82, 2.24) is 0 Å². The van der Waals surface area contributed by atoms with Gasteiger partial charge in [0.25, 0.3) is 0 Å². The van der Waals surface area contributed by atoms with Crippen molar-refractivity contribution in [1.29, 1.82) is 5.26 Å². The predicted octanol–water partition coefficient (Wildman–Crippen LogP) is 8.48. The highest BCUT2D eigenvalue weighted by Gasteiger charge is 2.51. The highest BCUT2D eigenvalue weighted by atomic mass is 14.6. The first kappa shape index (κ1) is 22.7. The summed E-state index contributed by atoms with van der Waals surface area (Å²) in [5.74, 6) is 4.64. The van der Waals surface area contributed by atoms with E-state index < -0.39 is 0 Å². The molecule has 1 nitrogen and oxygen atoms in total.